The molecule has 1 aromatic carbocycles. The number of likely N-dealkylation sites (tertiary alicyclic amines) is 1. The number of halogens is 2. The fourth-order valence-electron chi connectivity index (χ4n) is 3.46. The molecule has 23 heavy (non-hydrogen) atoms. The molecule has 2 aromatic rings. The van der Waals surface area contributed by atoms with Gasteiger partial charge in [0.15, 0.2) is 0 Å². The number of aromatic nitrogens is 2. The van der Waals surface area contributed by atoms with E-state index in [4.69, 9.17) is 11.6 Å². The van der Waals surface area contributed by atoms with Crippen LogP contribution in [-0.4, -0.2) is 32.9 Å². The first-order chi connectivity index (χ1) is 11.0. The molecule has 1 aromatic heterocycles. The molecule has 2 heterocycles. The first-order valence-electron chi connectivity index (χ1n) is 7.84. The van der Waals surface area contributed by atoms with E-state index in [1.54, 1.807) is 22.9 Å². The van der Waals surface area contributed by atoms with E-state index < -0.39 is 6.10 Å². The quantitative estimate of drug-likeness (QED) is 0.929. The molecule has 0 aliphatic carbocycles. The molecule has 0 amide bonds. The second-order valence-electron chi connectivity index (χ2n) is 6.10. The topological polar surface area (TPSA) is 41.3 Å². The van der Waals surface area contributed by atoms with Gasteiger partial charge in [-0.1, -0.05) is 29.8 Å². The summed E-state index contributed by atoms with van der Waals surface area (Å²) in [6, 6.07) is 6.50. The average molecular weight is 338 g/mol. The lowest BCUT2D eigenvalue weighted by Gasteiger charge is -2.27. The van der Waals surface area contributed by atoms with Crippen LogP contribution < -0.4 is 0 Å². The van der Waals surface area contributed by atoms with Crippen LogP contribution in [0.15, 0.2) is 24.3 Å². The number of benzene rings is 1. The van der Waals surface area contributed by atoms with Crippen molar-refractivity contribution in [1.82, 2.24) is 14.7 Å². The molecule has 2 atom stereocenters. The minimum absolute atomic E-state index is 0.123. The maximum absolute atomic E-state index is 13.9. The van der Waals surface area contributed by atoms with Crippen molar-refractivity contribution in [1.29, 1.82) is 0 Å². The summed E-state index contributed by atoms with van der Waals surface area (Å²) in [6.45, 7) is 3.20. The standard InChI is InChI=1S/C17H21ClFN3O/c1-11-16(17(18)21(2)20-11)14-8-5-9-22(14)10-15(23)12-6-3-4-7-13(12)19/h3-4,6-7,14-15,23H,5,8-10H2,1-2H3/t14-,15+/m0/s1. The lowest BCUT2D eigenvalue weighted by Crippen LogP contribution is -2.29. The monoisotopic (exact) mass is 337 g/mol. The zero-order chi connectivity index (χ0) is 16.6. The number of aryl methyl sites for hydroxylation is 2. The smallest absolute Gasteiger partial charge is 0.131 e. The molecule has 1 aliphatic heterocycles. The zero-order valence-electron chi connectivity index (χ0n) is 13.3. The van der Waals surface area contributed by atoms with Gasteiger partial charge in [0, 0.05) is 30.8 Å². The van der Waals surface area contributed by atoms with Crippen LogP contribution in [0.4, 0.5) is 4.39 Å². The normalized spacial score (nSPS) is 20.1. The number of hydrogen-bond acceptors (Lipinski definition) is 3. The van der Waals surface area contributed by atoms with E-state index in [1.165, 1.54) is 6.07 Å². The number of hydrogen-bond donors (Lipinski definition) is 1. The minimum atomic E-state index is -0.854. The summed E-state index contributed by atoms with van der Waals surface area (Å²) in [6.07, 6.45) is 1.14. The number of aliphatic hydroxyl groups excluding tert-OH is 1. The Labute approximate surface area is 140 Å². The SMILES string of the molecule is Cc1nn(C)c(Cl)c1[C@@H]1CCCN1C[C@@H](O)c1ccccc1F. The van der Waals surface area contributed by atoms with Gasteiger partial charge in [0.05, 0.1) is 11.8 Å². The van der Waals surface area contributed by atoms with Crippen molar-refractivity contribution in [2.24, 2.45) is 7.05 Å². The predicted molar refractivity (Wildman–Crippen MR) is 87.9 cm³/mol. The van der Waals surface area contributed by atoms with Crippen molar-refractivity contribution in [2.75, 3.05) is 13.1 Å². The Bertz CT molecular complexity index is 703. The Morgan fingerprint density at radius 2 is 2.17 bits per heavy atom. The molecule has 4 nitrogen and oxygen atoms in total. The second kappa shape index (κ2) is 6.59. The van der Waals surface area contributed by atoms with Crippen LogP contribution >= 0.6 is 11.6 Å². The molecule has 0 radical (unpaired) electrons. The molecule has 1 N–H and O–H groups in total. The van der Waals surface area contributed by atoms with Gasteiger partial charge in [-0.25, -0.2) is 4.39 Å². The van der Waals surface area contributed by atoms with E-state index in [0.717, 1.165) is 30.6 Å². The van der Waals surface area contributed by atoms with Crippen molar-refractivity contribution >= 4 is 11.6 Å². The van der Waals surface area contributed by atoms with E-state index in [1.807, 2.05) is 14.0 Å². The molecule has 1 fully saturated rings. The maximum atomic E-state index is 13.9. The van der Waals surface area contributed by atoms with Crippen molar-refractivity contribution in [3.63, 3.8) is 0 Å². The molecule has 0 spiro atoms. The van der Waals surface area contributed by atoms with Gasteiger partial charge in [-0.15, -0.1) is 0 Å². The van der Waals surface area contributed by atoms with Crippen LogP contribution in [0.25, 0.3) is 0 Å². The third-order valence-electron chi connectivity index (χ3n) is 4.56. The van der Waals surface area contributed by atoms with Crippen LogP contribution in [0.2, 0.25) is 5.15 Å². The van der Waals surface area contributed by atoms with E-state index >= 15 is 0 Å². The third-order valence-corrected chi connectivity index (χ3v) is 5.01. The molecule has 0 saturated carbocycles. The minimum Gasteiger partial charge on any atom is -0.387 e. The zero-order valence-corrected chi connectivity index (χ0v) is 14.1. The lowest BCUT2D eigenvalue weighted by molar-refractivity contribution is 0.103. The van der Waals surface area contributed by atoms with Gasteiger partial charge in [-0.05, 0) is 32.4 Å². The van der Waals surface area contributed by atoms with Crippen LogP contribution in [0.3, 0.4) is 0 Å². The second-order valence-corrected chi connectivity index (χ2v) is 6.46. The maximum Gasteiger partial charge on any atom is 0.131 e. The van der Waals surface area contributed by atoms with Crippen LogP contribution in [0, 0.1) is 12.7 Å². The molecule has 1 aliphatic rings. The molecule has 1 saturated heterocycles. The highest BCUT2D eigenvalue weighted by atomic mass is 35.5. The highest BCUT2D eigenvalue weighted by molar-refractivity contribution is 6.30. The summed E-state index contributed by atoms with van der Waals surface area (Å²) < 4.78 is 15.5. The first kappa shape index (κ1) is 16.4. The Kier molecular flexibility index (Phi) is 4.71. The molecule has 0 unspecified atom stereocenters. The lowest BCUT2D eigenvalue weighted by atomic mass is 10.0. The van der Waals surface area contributed by atoms with Gasteiger partial charge in [0.25, 0.3) is 0 Å². The fourth-order valence-corrected chi connectivity index (χ4v) is 3.76. The number of rotatable bonds is 4. The van der Waals surface area contributed by atoms with Gasteiger partial charge >= 0.3 is 0 Å². The molecule has 3 rings (SSSR count). The molecular weight excluding hydrogens is 317 g/mol. The van der Waals surface area contributed by atoms with Gasteiger partial charge in [-0.3, -0.25) is 9.58 Å². The molecule has 0 bridgehead atoms. The molecule has 124 valence electrons. The summed E-state index contributed by atoms with van der Waals surface area (Å²) >= 11 is 6.39. The van der Waals surface area contributed by atoms with Crippen LogP contribution in [0.1, 0.15) is 41.8 Å². The van der Waals surface area contributed by atoms with Crippen LogP contribution in [-0.2, 0) is 7.05 Å². The number of aliphatic hydroxyl groups is 1. The highest BCUT2D eigenvalue weighted by Gasteiger charge is 2.32. The van der Waals surface area contributed by atoms with Crippen molar-refractivity contribution in [3.05, 3.63) is 52.1 Å². The van der Waals surface area contributed by atoms with Gasteiger partial charge in [0.1, 0.15) is 11.0 Å². The summed E-state index contributed by atoms with van der Waals surface area (Å²) in [4.78, 5) is 2.17. The fraction of sp³-hybridized carbons (Fsp3) is 0.471. The van der Waals surface area contributed by atoms with Crippen molar-refractivity contribution < 1.29 is 9.50 Å². The van der Waals surface area contributed by atoms with Crippen molar-refractivity contribution in [3.8, 4) is 0 Å². The van der Waals surface area contributed by atoms with Crippen LogP contribution in [0.5, 0.6) is 0 Å². The Hall–Kier alpha value is -1.43. The Balaban J connectivity index is 1.81. The van der Waals surface area contributed by atoms with E-state index in [0.29, 0.717) is 17.3 Å². The average Bonchev–Trinajstić information content (AvgIpc) is 3.04. The first-order valence-corrected chi connectivity index (χ1v) is 8.22. The molecule has 6 heteroatoms. The number of nitrogens with zero attached hydrogens (tertiary/aromatic N) is 3. The van der Waals surface area contributed by atoms with Crippen molar-refractivity contribution in [2.45, 2.75) is 31.9 Å². The summed E-state index contributed by atoms with van der Waals surface area (Å²) in [5.41, 5.74) is 2.27. The van der Waals surface area contributed by atoms with E-state index in [9.17, 15) is 9.50 Å². The largest absolute Gasteiger partial charge is 0.387 e. The van der Waals surface area contributed by atoms with Gasteiger partial charge < -0.3 is 5.11 Å². The third kappa shape index (κ3) is 3.13. The van der Waals surface area contributed by atoms with E-state index in [2.05, 4.69) is 10.00 Å². The Morgan fingerprint density at radius 3 is 2.83 bits per heavy atom. The van der Waals surface area contributed by atoms with E-state index in [-0.39, 0.29) is 11.9 Å². The van der Waals surface area contributed by atoms with Gasteiger partial charge in [0.2, 0.25) is 0 Å². The molecular formula is C17H21ClFN3O. The highest BCUT2D eigenvalue weighted by Crippen LogP contribution is 2.38. The summed E-state index contributed by atoms with van der Waals surface area (Å²) in [7, 11) is 1.83. The van der Waals surface area contributed by atoms with Gasteiger partial charge in [-0.2, -0.15) is 5.10 Å². The number of β-amino-alcohol motifs (C(OH)–C–C–N with tert-alkyl or cyclic N) is 1. The Morgan fingerprint density at radius 1 is 1.43 bits per heavy atom. The predicted octanol–water partition coefficient (Wildman–Crippen LogP) is 3.39. The summed E-state index contributed by atoms with van der Waals surface area (Å²) in [5.74, 6) is -0.369. The summed E-state index contributed by atoms with van der Waals surface area (Å²) in [5, 5.41) is 15.5.